The number of aliphatic hydroxyl groups excluding tert-OH is 1. The van der Waals surface area contributed by atoms with Crippen molar-refractivity contribution in [3.8, 4) is 0 Å². The lowest BCUT2D eigenvalue weighted by Crippen LogP contribution is -2.37. The van der Waals surface area contributed by atoms with Gasteiger partial charge in [-0.25, -0.2) is 17.5 Å². The number of hydrogen-bond acceptors (Lipinski definition) is 3. The molecule has 0 aliphatic heterocycles. The maximum absolute atomic E-state index is 12.8. The Kier molecular flexibility index (Phi) is 4.88. The first kappa shape index (κ1) is 14.4. The lowest BCUT2D eigenvalue weighted by atomic mass is 10.3. The molecule has 0 aromatic heterocycles. The van der Waals surface area contributed by atoms with Crippen molar-refractivity contribution < 1.29 is 17.9 Å². The van der Waals surface area contributed by atoms with Crippen LogP contribution >= 0.6 is 11.6 Å². The number of nitrogens with one attached hydrogen (secondary N) is 1. The van der Waals surface area contributed by atoms with Crippen LogP contribution in [0.15, 0.2) is 23.1 Å². The third-order valence-corrected chi connectivity index (χ3v) is 4.22. The number of sulfonamides is 1. The zero-order chi connectivity index (χ0) is 13.1. The van der Waals surface area contributed by atoms with Gasteiger partial charge in [-0.15, -0.1) is 0 Å². The fourth-order valence-corrected chi connectivity index (χ4v) is 3.07. The molecule has 7 heteroatoms. The zero-order valence-electron chi connectivity index (χ0n) is 9.15. The zero-order valence-corrected chi connectivity index (χ0v) is 10.7. The summed E-state index contributed by atoms with van der Waals surface area (Å²) in [6.07, 6.45) is 0.439. The van der Waals surface area contributed by atoms with Crippen LogP contribution < -0.4 is 4.72 Å². The van der Waals surface area contributed by atoms with Crippen molar-refractivity contribution in [2.45, 2.75) is 24.3 Å². The monoisotopic (exact) mass is 281 g/mol. The Morgan fingerprint density at radius 1 is 1.53 bits per heavy atom. The lowest BCUT2D eigenvalue weighted by molar-refractivity contribution is 0.254. The summed E-state index contributed by atoms with van der Waals surface area (Å²) in [5.74, 6) is -0.608. The third-order valence-electron chi connectivity index (χ3n) is 2.22. The van der Waals surface area contributed by atoms with E-state index in [2.05, 4.69) is 4.72 Å². The van der Waals surface area contributed by atoms with Gasteiger partial charge < -0.3 is 5.11 Å². The molecule has 0 bridgehead atoms. The summed E-state index contributed by atoms with van der Waals surface area (Å²) in [4.78, 5) is -0.201. The molecule has 1 aromatic carbocycles. The van der Waals surface area contributed by atoms with Gasteiger partial charge in [0.05, 0.1) is 11.6 Å². The Hall–Kier alpha value is -0.690. The number of halogens is 2. The summed E-state index contributed by atoms with van der Waals surface area (Å²) >= 11 is 5.66. The van der Waals surface area contributed by atoms with Crippen LogP contribution in [0.1, 0.15) is 13.3 Å². The quantitative estimate of drug-likeness (QED) is 0.860. The summed E-state index contributed by atoms with van der Waals surface area (Å²) < 4.78 is 38.8. The molecule has 0 aliphatic carbocycles. The van der Waals surface area contributed by atoms with Gasteiger partial charge in [-0.3, -0.25) is 0 Å². The van der Waals surface area contributed by atoms with Crippen molar-refractivity contribution in [3.63, 3.8) is 0 Å². The van der Waals surface area contributed by atoms with Crippen LogP contribution in [0.25, 0.3) is 0 Å². The van der Waals surface area contributed by atoms with Gasteiger partial charge >= 0.3 is 0 Å². The van der Waals surface area contributed by atoms with E-state index < -0.39 is 21.9 Å². The molecule has 0 unspecified atom stereocenters. The average Bonchev–Trinajstić information content (AvgIpc) is 2.25. The van der Waals surface area contributed by atoms with Crippen molar-refractivity contribution >= 4 is 21.6 Å². The Balaban J connectivity index is 3.05. The molecule has 0 saturated carbocycles. The molecule has 0 amide bonds. The maximum Gasteiger partial charge on any atom is 0.242 e. The molecule has 96 valence electrons. The lowest BCUT2D eigenvalue weighted by Gasteiger charge is -2.15. The highest BCUT2D eigenvalue weighted by molar-refractivity contribution is 7.89. The molecule has 0 saturated heterocycles. The van der Waals surface area contributed by atoms with Crippen LogP contribution in [0.2, 0.25) is 5.02 Å². The average molecular weight is 282 g/mol. The fourth-order valence-electron chi connectivity index (χ4n) is 1.23. The highest BCUT2D eigenvalue weighted by atomic mass is 35.5. The van der Waals surface area contributed by atoms with Gasteiger partial charge in [-0.2, -0.15) is 0 Å². The normalized spacial score (nSPS) is 13.6. The molecule has 2 N–H and O–H groups in total. The van der Waals surface area contributed by atoms with Gasteiger partial charge in [0.15, 0.2) is 0 Å². The van der Waals surface area contributed by atoms with Crippen LogP contribution in [0.5, 0.6) is 0 Å². The van der Waals surface area contributed by atoms with E-state index in [-0.39, 0.29) is 16.5 Å². The molecule has 1 atom stereocenters. The number of rotatable bonds is 5. The van der Waals surface area contributed by atoms with E-state index >= 15 is 0 Å². The minimum atomic E-state index is -3.84. The van der Waals surface area contributed by atoms with Gasteiger partial charge in [0.1, 0.15) is 10.7 Å². The van der Waals surface area contributed by atoms with E-state index in [1.165, 1.54) is 0 Å². The highest BCUT2D eigenvalue weighted by Gasteiger charge is 2.21. The second-order valence-electron chi connectivity index (χ2n) is 3.48. The second-order valence-corrected chi connectivity index (χ2v) is 5.57. The number of aliphatic hydroxyl groups is 1. The molecule has 0 heterocycles. The van der Waals surface area contributed by atoms with Gasteiger partial charge in [-0.1, -0.05) is 18.5 Å². The van der Waals surface area contributed by atoms with E-state index in [1.807, 2.05) is 0 Å². The summed E-state index contributed by atoms with van der Waals surface area (Å²) in [7, 11) is -3.84. The molecule has 1 rings (SSSR count). The molecule has 0 aliphatic rings. The SMILES string of the molecule is CC[C@H](CO)NS(=O)(=O)c1ccc(F)cc1Cl. The predicted molar refractivity (Wildman–Crippen MR) is 62.9 cm³/mol. The van der Waals surface area contributed by atoms with Crippen LogP contribution in [-0.4, -0.2) is 26.2 Å². The first-order valence-electron chi connectivity index (χ1n) is 4.99. The summed E-state index contributed by atoms with van der Waals surface area (Å²) in [6.45, 7) is 1.42. The van der Waals surface area contributed by atoms with Crippen molar-refractivity contribution in [2.24, 2.45) is 0 Å². The molecular weight excluding hydrogens is 269 g/mol. The summed E-state index contributed by atoms with van der Waals surface area (Å²) in [5, 5.41) is 8.74. The first-order valence-corrected chi connectivity index (χ1v) is 6.85. The minimum absolute atomic E-state index is 0.190. The van der Waals surface area contributed by atoms with Crippen LogP contribution in [0.4, 0.5) is 4.39 Å². The standard InChI is InChI=1S/C10H13ClFNO3S/c1-2-8(6-14)13-17(15,16)10-4-3-7(12)5-9(10)11/h3-5,8,13-14H,2,6H2,1H3/t8-/m1/s1. The van der Waals surface area contributed by atoms with Crippen molar-refractivity contribution in [2.75, 3.05) is 6.61 Å². The van der Waals surface area contributed by atoms with E-state index in [9.17, 15) is 12.8 Å². The van der Waals surface area contributed by atoms with E-state index in [0.717, 1.165) is 18.2 Å². The Labute approximate surface area is 104 Å². The van der Waals surface area contributed by atoms with E-state index in [0.29, 0.717) is 6.42 Å². The predicted octanol–water partition coefficient (Wildman–Crippen LogP) is 1.53. The van der Waals surface area contributed by atoms with Gasteiger partial charge in [0, 0.05) is 6.04 Å². The molecule has 0 fully saturated rings. The van der Waals surface area contributed by atoms with Crippen molar-refractivity contribution in [1.82, 2.24) is 4.72 Å². The largest absolute Gasteiger partial charge is 0.395 e. The van der Waals surface area contributed by atoms with Crippen LogP contribution in [0.3, 0.4) is 0 Å². The number of hydrogen-bond donors (Lipinski definition) is 2. The van der Waals surface area contributed by atoms with E-state index in [1.54, 1.807) is 6.92 Å². The van der Waals surface area contributed by atoms with Gasteiger partial charge in [0.2, 0.25) is 10.0 Å². The van der Waals surface area contributed by atoms with E-state index in [4.69, 9.17) is 16.7 Å². The Morgan fingerprint density at radius 3 is 2.65 bits per heavy atom. The Morgan fingerprint density at radius 2 is 2.18 bits per heavy atom. The first-order chi connectivity index (χ1) is 7.90. The highest BCUT2D eigenvalue weighted by Crippen LogP contribution is 2.22. The smallest absolute Gasteiger partial charge is 0.242 e. The third kappa shape index (κ3) is 3.64. The number of benzene rings is 1. The maximum atomic E-state index is 12.8. The molecule has 0 spiro atoms. The summed E-state index contributed by atoms with van der Waals surface area (Å²) in [6, 6.07) is 2.45. The second kappa shape index (κ2) is 5.77. The van der Waals surface area contributed by atoms with Crippen molar-refractivity contribution in [1.29, 1.82) is 0 Å². The molecule has 1 aromatic rings. The molecule has 17 heavy (non-hydrogen) atoms. The molecular formula is C10H13ClFNO3S. The fraction of sp³-hybridized carbons (Fsp3) is 0.400. The van der Waals surface area contributed by atoms with Gasteiger partial charge in [-0.05, 0) is 24.6 Å². The minimum Gasteiger partial charge on any atom is -0.395 e. The molecule has 4 nitrogen and oxygen atoms in total. The van der Waals surface area contributed by atoms with Crippen LogP contribution in [-0.2, 0) is 10.0 Å². The van der Waals surface area contributed by atoms with Gasteiger partial charge in [0.25, 0.3) is 0 Å². The topological polar surface area (TPSA) is 66.4 Å². The van der Waals surface area contributed by atoms with Crippen molar-refractivity contribution in [3.05, 3.63) is 29.0 Å². The summed E-state index contributed by atoms with van der Waals surface area (Å²) in [5.41, 5.74) is 0. The Bertz CT molecular complexity index is 488. The molecule has 0 radical (unpaired) electrons. The van der Waals surface area contributed by atoms with Crippen LogP contribution in [0, 0.1) is 5.82 Å².